The lowest BCUT2D eigenvalue weighted by atomic mass is 10.1. The summed E-state index contributed by atoms with van der Waals surface area (Å²) >= 11 is 0. The van der Waals surface area contributed by atoms with E-state index in [9.17, 15) is 4.79 Å². The van der Waals surface area contributed by atoms with Gasteiger partial charge in [0.25, 0.3) is 0 Å². The second-order valence-corrected chi connectivity index (χ2v) is 7.84. The van der Waals surface area contributed by atoms with E-state index in [4.69, 9.17) is 15.1 Å². The highest BCUT2D eigenvalue weighted by molar-refractivity contribution is 5.89. The number of aromatic nitrogens is 3. The van der Waals surface area contributed by atoms with Crippen LogP contribution in [-0.4, -0.2) is 51.3 Å². The molecule has 7 heteroatoms. The number of aryl methyl sites for hydroxylation is 1. The van der Waals surface area contributed by atoms with Gasteiger partial charge in [0, 0.05) is 45.3 Å². The molecule has 132 valence electrons. The van der Waals surface area contributed by atoms with Crippen LogP contribution in [-0.2, 0) is 11.8 Å². The van der Waals surface area contributed by atoms with Crippen molar-refractivity contribution in [2.45, 2.75) is 25.8 Å². The number of nitrogens with zero attached hydrogens (tertiary/aromatic N) is 5. The molecule has 2 saturated heterocycles. The quantitative estimate of drug-likeness (QED) is 0.913. The highest BCUT2D eigenvalue weighted by Gasteiger charge is 2.56. The van der Waals surface area contributed by atoms with Crippen LogP contribution in [0.5, 0.6) is 0 Å². The van der Waals surface area contributed by atoms with Crippen molar-refractivity contribution in [1.29, 1.82) is 0 Å². The number of hydrogen-bond acceptors (Lipinski definition) is 5. The van der Waals surface area contributed by atoms with E-state index in [-0.39, 0.29) is 0 Å². The Morgan fingerprint density at radius 3 is 2.68 bits per heavy atom. The summed E-state index contributed by atoms with van der Waals surface area (Å²) in [7, 11) is 2.02. The third-order valence-corrected chi connectivity index (χ3v) is 6.35. The van der Waals surface area contributed by atoms with Crippen molar-refractivity contribution in [1.82, 2.24) is 14.5 Å². The van der Waals surface area contributed by atoms with Gasteiger partial charge in [0.15, 0.2) is 0 Å². The minimum atomic E-state index is -0.674. The van der Waals surface area contributed by atoms with Gasteiger partial charge in [-0.15, -0.1) is 0 Å². The fourth-order valence-corrected chi connectivity index (χ4v) is 4.62. The Morgan fingerprint density at radius 1 is 1.32 bits per heavy atom. The maximum absolute atomic E-state index is 11.0. The van der Waals surface area contributed by atoms with Crippen molar-refractivity contribution in [2.24, 2.45) is 24.8 Å². The number of hydrogen-bond donors (Lipinski definition) is 1. The largest absolute Gasteiger partial charge is 0.481 e. The number of carboxylic acids is 1. The van der Waals surface area contributed by atoms with Gasteiger partial charge >= 0.3 is 5.97 Å². The first kappa shape index (κ1) is 15.0. The molecule has 25 heavy (non-hydrogen) atoms. The van der Waals surface area contributed by atoms with Crippen molar-refractivity contribution in [3.8, 4) is 0 Å². The highest BCUT2D eigenvalue weighted by atomic mass is 16.4. The van der Waals surface area contributed by atoms with Crippen LogP contribution >= 0.6 is 0 Å². The Hall–Kier alpha value is -2.31. The molecule has 7 nitrogen and oxygen atoms in total. The van der Waals surface area contributed by atoms with Gasteiger partial charge in [-0.3, -0.25) is 4.79 Å². The maximum Gasteiger partial charge on any atom is 0.303 e. The first-order chi connectivity index (χ1) is 12.0. The van der Waals surface area contributed by atoms with Crippen LogP contribution in [0.15, 0.2) is 12.3 Å². The number of aliphatic carboxylic acids is 1. The lowest BCUT2D eigenvalue weighted by Gasteiger charge is -2.39. The van der Waals surface area contributed by atoms with Crippen LogP contribution in [0.3, 0.4) is 0 Å². The first-order valence-electron chi connectivity index (χ1n) is 9.09. The van der Waals surface area contributed by atoms with E-state index >= 15 is 0 Å². The van der Waals surface area contributed by atoms with Crippen LogP contribution in [0.2, 0.25) is 0 Å². The molecule has 2 aromatic rings. The number of rotatable bonds is 4. The molecular formula is C18H23N5O2. The minimum absolute atomic E-state index is 0.310. The smallest absolute Gasteiger partial charge is 0.303 e. The van der Waals surface area contributed by atoms with E-state index in [1.54, 1.807) is 0 Å². The van der Waals surface area contributed by atoms with Gasteiger partial charge in [-0.2, -0.15) is 9.97 Å². The third kappa shape index (κ3) is 2.21. The van der Waals surface area contributed by atoms with Gasteiger partial charge in [-0.1, -0.05) is 0 Å². The molecule has 3 aliphatic rings. The molecule has 1 unspecified atom stereocenters. The molecule has 3 fully saturated rings. The molecule has 5 rings (SSSR count). The predicted octanol–water partition coefficient (Wildman–Crippen LogP) is 1.72. The molecule has 1 saturated carbocycles. The van der Waals surface area contributed by atoms with Gasteiger partial charge in [-0.05, 0) is 37.2 Å². The summed E-state index contributed by atoms with van der Waals surface area (Å²) in [4.78, 5) is 25.3. The standard InChI is InChI=1S/C18H23N5O2/c1-10-3-6-23(10)18-19-16-11(4-5-21(16)2)17(20-18)22-8-13-12(7-15(24)25)14(13)9-22/h4-5,10,12-14H,3,6-9H2,1-2H3,(H,24,25)/t10-,12?,13-,14+/m0/s1. The van der Waals surface area contributed by atoms with Gasteiger partial charge in [0.1, 0.15) is 11.5 Å². The lowest BCUT2D eigenvalue weighted by molar-refractivity contribution is -0.137. The average Bonchev–Trinajstić information content (AvgIpc) is 2.91. The molecule has 2 aromatic heterocycles. The van der Waals surface area contributed by atoms with Crippen molar-refractivity contribution in [3.05, 3.63) is 12.3 Å². The summed E-state index contributed by atoms with van der Waals surface area (Å²) in [6.07, 6.45) is 3.54. The Kier molecular flexibility index (Phi) is 3.05. The van der Waals surface area contributed by atoms with E-state index in [1.165, 1.54) is 6.42 Å². The molecular weight excluding hydrogens is 318 g/mol. The Bertz CT molecular complexity index is 851. The average molecular weight is 341 g/mol. The van der Waals surface area contributed by atoms with Crippen LogP contribution in [0.4, 0.5) is 11.8 Å². The van der Waals surface area contributed by atoms with Crippen LogP contribution in [0.25, 0.3) is 11.0 Å². The monoisotopic (exact) mass is 341 g/mol. The molecule has 1 aliphatic carbocycles. The lowest BCUT2D eigenvalue weighted by Crippen LogP contribution is -2.46. The van der Waals surface area contributed by atoms with E-state index in [1.807, 2.05) is 13.2 Å². The molecule has 0 aromatic carbocycles. The summed E-state index contributed by atoms with van der Waals surface area (Å²) < 4.78 is 2.05. The first-order valence-corrected chi connectivity index (χ1v) is 9.09. The summed E-state index contributed by atoms with van der Waals surface area (Å²) in [6.45, 7) is 5.06. The normalized spacial score (nSPS) is 30.5. The van der Waals surface area contributed by atoms with Gasteiger partial charge in [-0.25, -0.2) is 0 Å². The Labute approximate surface area is 146 Å². The van der Waals surface area contributed by atoms with Crippen LogP contribution in [0, 0.1) is 17.8 Å². The molecule has 0 bridgehead atoms. The van der Waals surface area contributed by atoms with Crippen molar-refractivity contribution >= 4 is 28.8 Å². The summed E-state index contributed by atoms with van der Waals surface area (Å²) in [5.74, 6) is 2.54. The summed E-state index contributed by atoms with van der Waals surface area (Å²) in [6, 6.07) is 2.59. The highest BCUT2D eigenvalue weighted by Crippen LogP contribution is 2.54. The number of fused-ring (bicyclic) bond motifs is 2. The number of carbonyl (C=O) groups is 1. The molecule has 1 N–H and O–H groups in total. The van der Waals surface area contributed by atoms with E-state index in [2.05, 4.69) is 27.4 Å². The zero-order valence-corrected chi connectivity index (χ0v) is 14.6. The van der Waals surface area contributed by atoms with Crippen LogP contribution in [0.1, 0.15) is 19.8 Å². The molecule has 4 heterocycles. The number of carboxylic acid groups (broad SMARTS) is 1. The molecule has 0 radical (unpaired) electrons. The van der Waals surface area contributed by atoms with Crippen molar-refractivity contribution in [2.75, 3.05) is 29.4 Å². The fraction of sp³-hybridized carbons (Fsp3) is 0.611. The topological polar surface area (TPSA) is 74.5 Å². The van der Waals surface area contributed by atoms with Crippen molar-refractivity contribution in [3.63, 3.8) is 0 Å². The van der Waals surface area contributed by atoms with Crippen LogP contribution < -0.4 is 9.80 Å². The molecule has 4 atom stereocenters. The Morgan fingerprint density at radius 2 is 2.08 bits per heavy atom. The SMILES string of the molecule is C[C@H]1CCN1c1nc(N2C[C@@H]3C(CC(=O)O)[C@@H]3C2)c2ccn(C)c2n1. The van der Waals surface area contributed by atoms with E-state index in [0.717, 1.165) is 42.4 Å². The van der Waals surface area contributed by atoms with E-state index < -0.39 is 5.97 Å². The number of anilines is 2. The molecule has 0 spiro atoms. The fourth-order valence-electron chi connectivity index (χ4n) is 4.62. The van der Waals surface area contributed by atoms with E-state index in [0.29, 0.717) is 30.2 Å². The summed E-state index contributed by atoms with van der Waals surface area (Å²) in [5.41, 5.74) is 0.974. The zero-order chi connectivity index (χ0) is 17.3. The summed E-state index contributed by atoms with van der Waals surface area (Å²) in [5, 5.41) is 10.1. The maximum atomic E-state index is 11.0. The number of piperidine rings is 1. The molecule has 0 amide bonds. The predicted molar refractivity (Wildman–Crippen MR) is 94.9 cm³/mol. The minimum Gasteiger partial charge on any atom is -0.481 e. The molecule has 2 aliphatic heterocycles. The second-order valence-electron chi connectivity index (χ2n) is 7.84. The second kappa shape index (κ2) is 5.09. The van der Waals surface area contributed by atoms with Crippen molar-refractivity contribution < 1.29 is 9.90 Å². The third-order valence-electron chi connectivity index (χ3n) is 6.35. The van der Waals surface area contributed by atoms with Gasteiger partial charge in [0.05, 0.1) is 5.39 Å². The van der Waals surface area contributed by atoms with Gasteiger partial charge in [0.2, 0.25) is 5.95 Å². The van der Waals surface area contributed by atoms with Gasteiger partial charge < -0.3 is 19.5 Å². The Balaban J connectivity index is 1.46. The zero-order valence-electron chi connectivity index (χ0n) is 14.6.